The molecule has 1 aromatic heterocycles. The first-order valence-corrected chi connectivity index (χ1v) is 10.1. The van der Waals surface area contributed by atoms with Crippen LogP contribution in [0.25, 0.3) is 11.3 Å². The van der Waals surface area contributed by atoms with E-state index < -0.39 is 0 Å². The van der Waals surface area contributed by atoms with E-state index in [9.17, 15) is 0 Å². The quantitative estimate of drug-likeness (QED) is 0.807. The van der Waals surface area contributed by atoms with E-state index in [-0.39, 0.29) is 0 Å². The summed E-state index contributed by atoms with van der Waals surface area (Å²) >= 11 is 1.73. The largest absolute Gasteiger partial charge is 0.378 e. The van der Waals surface area contributed by atoms with Gasteiger partial charge in [0.25, 0.3) is 0 Å². The summed E-state index contributed by atoms with van der Waals surface area (Å²) < 4.78 is 5.48. The molecule has 0 unspecified atom stereocenters. The fourth-order valence-corrected chi connectivity index (χ4v) is 4.23. The van der Waals surface area contributed by atoms with Gasteiger partial charge in [-0.05, 0) is 0 Å². The molecule has 138 valence electrons. The van der Waals surface area contributed by atoms with Crippen LogP contribution < -0.4 is 9.80 Å². The standard InChI is InChI=1S/C19H25N5OS/c1-22-7-9-24(10-8-22)20-15-17-18(16-5-3-2-4-6-16)21-19(26-17)23-11-13-25-14-12-23/h2-6,15H,7-14H2,1H3/p+1/b20-15-. The number of morpholine rings is 1. The second-order valence-electron chi connectivity index (χ2n) is 6.83. The van der Waals surface area contributed by atoms with Crippen LogP contribution in [0.3, 0.4) is 0 Å². The van der Waals surface area contributed by atoms with Crippen molar-refractivity contribution in [3.05, 3.63) is 35.2 Å². The van der Waals surface area contributed by atoms with E-state index in [0.717, 1.165) is 73.7 Å². The number of anilines is 1. The van der Waals surface area contributed by atoms with Crippen molar-refractivity contribution in [2.24, 2.45) is 5.10 Å². The number of benzene rings is 1. The van der Waals surface area contributed by atoms with E-state index in [4.69, 9.17) is 14.8 Å². The average molecular weight is 373 g/mol. The molecule has 0 saturated carbocycles. The van der Waals surface area contributed by atoms with E-state index in [1.165, 1.54) is 0 Å². The van der Waals surface area contributed by atoms with Gasteiger partial charge in [0.2, 0.25) is 0 Å². The number of nitrogens with one attached hydrogen (secondary N) is 1. The normalized spacial score (nSPS) is 19.4. The molecule has 0 amide bonds. The molecule has 0 bridgehead atoms. The van der Waals surface area contributed by atoms with Gasteiger partial charge in [0.05, 0.1) is 63.2 Å². The van der Waals surface area contributed by atoms with Crippen LogP contribution in [0.5, 0.6) is 0 Å². The molecule has 0 spiro atoms. The van der Waals surface area contributed by atoms with Gasteiger partial charge < -0.3 is 14.5 Å². The monoisotopic (exact) mass is 372 g/mol. The second kappa shape index (κ2) is 8.16. The third kappa shape index (κ3) is 4.06. The maximum absolute atomic E-state index is 5.48. The lowest BCUT2D eigenvalue weighted by molar-refractivity contribution is -0.884. The van der Waals surface area contributed by atoms with Gasteiger partial charge in [-0.3, -0.25) is 5.01 Å². The molecule has 2 aromatic rings. The van der Waals surface area contributed by atoms with Gasteiger partial charge in [0, 0.05) is 18.7 Å². The number of hydrogen-bond donors (Lipinski definition) is 1. The molecule has 26 heavy (non-hydrogen) atoms. The van der Waals surface area contributed by atoms with Gasteiger partial charge in [-0.2, -0.15) is 5.10 Å². The number of rotatable bonds is 4. The minimum atomic E-state index is 0.771. The second-order valence-corrected chi connectivity index (χ2v) is 7.84. The number of nitrogens with zero attached hydrogens (tertiary/aromatic N) is 4. The van der Waals surface area contributed by atoms with Crippen molar-refractivity contribution >= 4 is 22.7 Å². The molecule has 2 aliphatic heterocycles. The summed E-state index contributed by atoms with van der Waals surface area (Å²) in [6, 6.07) is 10.4. The van der Waals surface area contributed by atoms with Crippen LogP contribution in [0.15, 0.2) is 35.4 Å². The zero-order valence-corrected chi connectivity index (χ0v) is 16.0. The Balaban J connectivity index is 1.60. The van der Waals surface area contributed by atoms with Crippen molar-refractivity contribution in [3.63, 3.8) is 0 Å². The van der Waals surface area contributed by atoms with E-state index in [1.807, 2.05) is 12.3 Å². The summed E-state index contributed by atoms with van der Waals surface area (Å²) in [6.45, 7) is 7.66. The number of thiazole rings is 1. The summed E-state index contributed by atoms with van der Waals surface area (Å²) in [5.74, 6) is 0. The first-order valence-electron chi connectivity index (χ1n) is 9.29. The molecule has 0 aliphatic carbocycles. The molecule has 2 saturated heterocycles. The molecule has 6 nitrogen and oxygen atoms in total. The van der Waals surface area contributed by atoms with Gasteiger partial charge >= 0.3 is 0 Å². The van der Waals surface area contributed by atoms with Crippen molar-refractivity contribution in [1.29, 1.82) is 0 Å². The highest BCUT2D eigenvalue weighted by Gasteiger charge is 2.19. The number of piperazine rings is 1. The lowest BCUT2D eigenvalue weighted by atomic mass is 10.1. The highest BCUT2D eigenvalue weighted by molar-refractivity contribution is 7.17. The number of hydrazone groups is 1. The highest BCUT2D eigenvalue weighted by Crippen LogP contribution is 2.32. The first-order chi connectivity index (χ1) is 12.8. The summed E-state index contributed by atoms with van der Waals surface area (Å²) in [7, 11) is 2.24. The van der Waals surface area contributed by atoms with Crippen molar-refractivity contribution in [2.75, 3.05) is 64.4 Å². The Morgan fingerprint density at radius 3 is 2.58 bits per heavy atom. The summed E-state index contributed by atoms with van der Waals surface area (Å²) in [4.78, 5) is 9.98. The Kier molecular flexibility index (Phi) is 5.48. The van der Waals surface area contributed by atoms with Crippen molar-refractivity contribution in [3.8, 4) is 11.3 Å². The lowest BCUT2D eigenvalue weighted by Gasteiger charge is -2.27. The van der Waals surface area contributed by atoms with Gasteiger partial charge in [-0.25, -0.2) is 4.98 Å². The third-order valence-electron chi connectivity index (χ3n) is 4.90. The molecule has 3 heterocycles. The molecule has 2 fully saturated rings. The van der Waals surface area contributed by atoms with Crippen LogP contribution in [0.4, 0.5) is 5.13 Å². The summed E-state index contributed by atoms with van der Waals surface area (Å²) in [6.07, 6.45) is 2.00. The number of likely N-dealkylation sites (N-methyl/N-ethyl adjacent to an activating group) is 1. The fourth-order valence-electron chi connectivity index (χ4n) is 3.23. The number of aromatic nitrogens is 1. The molecule has 0 radical (unpaired) electrons. The van der Waals surface area contributed by atoms with Crippen LogP contribution in [-0.2, 0) is 4.74 Å². The Labute approximate surface area is 158 Å². The predicted octanol–water partition coefficient (Wildman–Crippen LogP) is 0.811. The van der Waals surface area contributed by atoms with Crippen LogP contribution in [0, 0.1) is 0 Å². The van der Waals surface area contributed by atoms with Gasteiger partial charge in [0.1, 0.15) is 0 Å². The van der Waals surface area contributed by atoms with Crippen LogP contribution >= 0.6 is 11.3 Å². The molecule has 4 rings (SSSR count). The molecule has 0 atom stereocenters. The van der Waals surface area contributed by atoms with E-state index in [1.54, 1.807) is 16.2 Å². The zero-order valence-electron chi connectivity index (χ0n) is 15.2. The lowest BCUT2D eigenvalue weighted by Crippen LogP contribution is -3.11. The smallest absolute Gasteiger partial charge is 0.186 e. The Hall–Kier alpha value is -1.96. The highest BCUT2D eigenvalue weighted by atomic mass is 32.1. The van der Waals surface area contributed by atoms with Crippen LogP contribution in [-0.4, -0.2) is 75.7 Å². The first kappa shape index (κ1) is 17.5. The van der Waals surface area contributed by atoms with Crippen LogP contribution in [0.1, 0.15) is 4.88 Å². The fraction of sp³-hybridized carbons (Fsp3) is 0.474. The average Bonchev–Trinajstić information content (AvgIpc) is 3.13. The molecule has 1 N–H and O–H groups in total. The van der Waals surface area contributed by atoms with E-state index in [2.05, 4.69) is 41.2 Å². The van der Waals surface area contributed by atoms with Crippen molar-refractivity contribution < 1.29 is 9.64 Å². The molecule has 2 aliphatic rings. The number of hydrogen-bond acceptors (Lipinski definition) is 6. The molecular weight excluding hydrogens is 346 g/mol. The van der Waals surface area contributed by atoms with Gasteiger partial charge in [-0.1, -0.05) is 41.7 Å². The van der Waals surface area contributed by atoms with E-state index >= 15 is 0 Å². The third-order valence-corrected chi connectivity index (χ3v) is 5.95. The van der Waals surface area contributed by atoms with Gasteiger partial charge in [0.15, 0.2) is 5.13 Å². The van der Waals surface area contributed by atoms with Crippen LogP contribution in [0.2, 0.25) is 0 Å². The number of quaternary nitrogens is 1. The Morgan fingerprint density at radius 2 is 1.85 bits per heavy atom. The van der Waals surface area contributed by atoms with Gasteiger partial charge in [-0.15, -0.1) is 0 Å². The number of ether oxygens (including phenoxy) is 1. The zero-order chi connectivity index (χ0) is 17.8. The molecule has 7 heteroatoms. The Morgan fingerprint density at radius 1 is 1.12 bits per heavy atom. The Bertz CT molecular complexity index is 734. The minimum absolute atomic E-state index is 0.771. The minimum Gasteiger partial charge on any atom is -0.378 e. The predicted molar refractivity (Wildman–Crippen MR) is 106 cm³/mol. The van der Waals surface area contributed by atoms with Crippen molar-refractivity contribution in [2.45, 2.75) is 0 Å². The maximum atomic E-state index is 5.48. The van der Waals surface area contributed by atoms with Crippen molar-refractivity contribution in [1.82, 2.24) is 9.99 Å². The summed E-state index contributed by atoms with van der Waals surface area (Å²) in [5.41, 5.74) is 2.17. The summed E-state index contributed by atoms with van der Waals surface area (Å²) in [5, 5.41) is 8.00. The SMILES string of the molecule is C[NH+]1CCN(/N=C\c2sc(N3CCOCC3)nc2-c2ccccc2)CC1. The topological polar surface area (TPSA) is 45.4 Å². The maximum Gasteiger partial charge on any atom is 0.186 e. The molecule has 1 aromatic carbocycles. The van der Waals surface area contributed by atoms with E-state index in [0.29, 0.717) is 0 Å². The molecular formula is C19H26N5OS+.